The summed E-state index contributed by atoms with van der Waals surface area (Å²) in [5, 5.41) is 4.03. The number of amides is 1. The number of ether oxygens (including phenoxy) is 2. The lowest BCUT2D eigenvalue weighted by atomic mass is 10.2. The highest BCUT2D eigenvalue weighted by atomic mass is 32.2. The van der Waals surface area contributed by atoms with Crippen LogP contribution in [0.25, 0.3) is 11.4 Å². The summed E-state index contributed by atoms with van der Waals surface area (Å²) in [5.74, 6) is 3.69. The number of piperazine rings is 1. The van der Waals surface area contributed by atoms with Crippen LogP contribution in [0.3, 0.4) is 0 Å². The van der Waals surface area contributed by atoms with E-state index >= 15 is 0 Å². The van der Waals surface area contributed by atoms with Gasteiger partial charge in [0.05, 0.1) is 25.7 Å². The molecule has 1 saturated heterocycles. The van der Waals surface area contributed by atoms with Crippen molar-refractivity contribution in [3.63, 3.8) is 0 Å². The Kier molecular flexibility index (Phi) is 7.16. The number of rotatable bonds is 8. The van der Waals surface area contributed by atoms with Gasteiger partial charge in [0, 0.05) is 37.4 Å². The molecule has 0 N–H and O–H groups in total. The van der Waals surface area contributed by atoms with E-state index in [1.54, 1.807) is 14.2 Å². The normalized spacial score (nSPS) is 13.8. The zero-order valence-electron chi connectivity index (χ0n) is 18.2. The van der Waals surface area contributed by atoms with Crippen molar-refractivity contribution in [2.75, 3.05) is 51.1 Å². The minimum Gasteiger partial charge on any atom is -0.497 e. The fourth-order valence-corrected chi connectivity index (χ4v) is 4.25. The van der Waals surface area contributed by atoms with Crippen LogP contribution in [-0.4, -0.2) is 67.1 Å². The van der Waals surface area contributed by atoms with Gasteiger partial charge < -0.3 is 23.8 Å². The molecule has 2 aromatic carbocycles. The van der Waals surface area contributed by atoms with E-state index in [9.17, 15) is 4.79 Å². The Labute approximate surface area is 191 Å². The molecule has 168 valence electrons. The monoisotopic (exact) mass is 454 g/mol. The van der Waals surface area contributed by atoms with Crippen LogP contribution in [0.2, 0.25) is 0 Å². The van der Waals surface area contributed by atoms with Crippen LogP contribution in [0.1, 0.15) is 5.89 Å². The van der Waals surface area contributed by atoms with Crippen molar-refractivity contribution in [3.8, 4) is 22.9 Å². The standard InChI is InChI=1S/C23H26N4O4S/c1-29-19-7-3-17(4-8-19)23-24-21(31-25-23)15-32-16-22(28)27-13-11-26(12-14-27)18-5-9-20(30-2)10-6-18/h3-10H,11-16H2,1-2H3. The molecule has 1 fully saturated rings. The molecule has 1 aliphatic rings. The first-order chi connectivity index (χ1) is 15.7. The van der Waals surface area contributed by atoms with Crippen LogP contribution in [0.4, 0.5) is 5.69 Å². The molecule has 3 aromatic rings. The predicted octanol–water partition coefficient (Wildman–Crippen LogP) is 3.34. The van der Waals surface area contributed by atoms with Gasteiger partial charge in [-0.15, -0.1) is 11.8 Å². The van der Waals surface area contributed by atoms with Crippen molar-refractivity contribution in [1.82, 2.24) is 15.0 Å². The molecule has 0 saturated carbocycles. The maximum absolute atomic E-state index is 12.6. The Morgan fingerprint density at radius 3 is 2.22 bits per heavy atom. The third kappa shape index (κ3) is 5.34. The molecule has 32 heavy (non-hydrogen) atoms. The summed E-state index contributed by atoms with van der Waals surface area (Å²) in [6.07, 6.45) is 0. The van der Waals surface area contributed by atoms with Crippen molar-refractivity contribution < 1.29 is 18.8 Å². The number of carbonyl (C=O) groups excluding carboxylic acids is 1. The van der Waals surface area contributed by atoms with Crippen molar-refractivity contribution >= 4 is 23.4 Å². The molecular weight excluding hydrogens is 428 g/mol. The molecule has 0 radical (unpaired) electrons. The van der Waals surface area contributed by atoms with E-state index in [0.29, 0.717) is 36.3 Å². The van der Waals surface area contributed by atoms with Gasteiger partial charge in [-0.3, -0.25) is 4.79 Å². The van der Waals surface area contributed by atoms with Crippen LogP contribution >= 0.6 is 11.8 Å². The first kappa shape index (κ1) is 22.0. The van der Waals surface area contributed by atoms with E-state index in [0.717, 1.165) is 35.8 Å². The van der Waals surface area contributed by atoms with Crippen molar-refractivity contribution in [2.45, 2.75) is 5.75 Å². The van der Waals surface area contributed by atoms with Gasteiger partial charge in [0.2, 0.25) is 17.6 Å². The van der Waals surface area contributed by atoms with Gasteiger partial charge in [-0.05, 0) is 48.5 Å². The highest BCUT2D eigenvalue weighted by Crippen LogP contribution is 2.22. The lowest BCUT2D eigenvalue weighted by Crippen LogP contribution is -2.49. The van der Waals surface area contributed by atoms with Crippen molar-refractivity contribution in [1.29, 1.82) is 0 Å². The Morgan fingerprint density at radius 1 is 0.969 bits per heavy atom. The second-order valence-corrected chi connectivity index (χ2v) is 8.28. The minimum absolute atomic E-state index is 0.138. The molecule has 0 spiro atoms. The van der Waals surface area contributed by atoms with Crippen LogP contribution in [0.15, 0.2) is 53.1 Å². The molecule has 0 aliphatic carbocycles. The molecule has 8 nitrogen and oxygen atoms in total. The second kappa shape index (κ2) is 10.4. The largest absolute Gasteiger partial charge is 0.497 e. The number of aromatic nitrogens is 2. The SMILES string of the molecule is COc1ccc(-c2noc(CSCC(=O)N3CCN(c4ccc(OC)cc4)CC3)n2)cc1. The van der Waals surface area contributed by atoms with E-state index in [1.807, 2.05) is 41.3 Å². The number of hydrogen-bond acceptors (Lipinski definition) is 8. The fourth-order valence-electron chi connectivity index (χ4n) is 3.49. The summed E-state index contributed by atoms with van der Waals surface area (Å²) in [7, 11) is 3.29. The molecule has 1 aliphatic heterocycles. The molecule has 0 bridgehead atoms. The van der Waals surface area contributed by atoms with Crippen molar-refractivity contribution in [2.24, 2.45) is 0 Å². The number of hydrogen-bond donors (Lipinski definition) is 0. The van der Waals surface area contributed by atoms with Crippen molar-refractivity contribution in [3.05, 3.63) is 54.4 Å². The van der Waals surface area contributed by atoms with Crippen LogP contribution in [0, 0.1) is 0 Å². The zero-order valence-corrected chi connectivity index (χ0v) is 19.0. The average Bonchev–Trinajstić information content (AvgIpc) is 3.33. The van der Waals surface area contributed by atoms with Gasteiger partial charge in [0.25, 0.3) is 0 Å². The second-order valence-electron chi connectivity index (χ2n) is 7.30. The molecule has 2 heterocycles. The number of anilines is 1. The molecule has 1 amide bonds. The maximum atomic E-state index is 12.6. The number of nitrogens with zero attached hydrogens (tertiary/aromatic N) is 4. The van der Waals surface area contributed by atoms with Gasteiger partial charge in [-0.1, -0.05) is 5.16 Å². The fraction of sp³-hybridized carbons (Fsp3) is 0.348. The van der Waals surface area contributed by atoms with E-state index in [4.69, 9.17) is 14.0 Å². The number of carbonyl (C=O) groups is 1. The molecule has 4 rings (SSSR count). The van der Waals surface area contributed by atoms with Crippen LogP contribution in [0.5, 0.6) is 11.5 Å². The lowest BCUT2D eigenvalue weighted by molar-refractivity contribution is -0.128. The minimum atomic E-state index is 0.138. The topological polar surface area (TPSA) is 80.9 Å². The molecule has 1 aromatic heterocycles. The Balaban J connectivity index is 1.21. The molecule has 9 heteroatoms. The van der Waals surface area contributed by atoms with Gasteiger partial charge in [0.1, 0.15) is 11.5 Å². The van der Waals surface area contributed by atoms with Gasteiger partial charge >= 0.3 is 0 Å². The summed E-state index contributed by atoms with van der Waals surface area (Å²) < 4.78 is 15.7. The number of thioether (sulfide) groups is 1. The lowest BCUT2D eigenvalue weighted by Gasteiger charge is -2.36. The van der Waals surface area contributed by atoms with E-state index in [-0.39, 0.29) is 5.91 Å². The predicted molar refractivity (Wildman–Crippen MR) is 124 cm³/mol. The Morgan fingerprint density at radius 2 is 1.59 bits per heavy atom. The molecular formula is C23H26N4O4S. The van der Waals surface area contributed by atoms with E-state index in [1.165, 1.54) is 11.8 Å². The van der Waals surface area contributed by atoms with Gasteiger partial charge in [0.15, 0.2) is 0 Å². The summed E-state index contributed by atoms with van der Waals surface area (Å²) in [4.78, 5) is 21.2. The number of benzene rings is 2. The number of methoxy groups -OCH3 is 2. The summed E-state index contributed by atoms with van der Waals surface area (Å²) in [5.41, 5.74) is 2.01. The van der Waals surface area contributed by atoms with Crippen LogP contribution in [-0.2, 0) is 10.5 Å². The highest BCUT2D eigenvalue weighted by molar-refractivity contribution is 7.99. The van der Waals surface area contributed by atoms with Gasteiger partial charge in [-0.25, -0.2) is 0 Å². The third-order valence-corrected chi connectivity index (χ3v) is 6.24. The highest BCUT2D eigenvalue weighted by Gasteiger charge is 2.21. The first-order valence-corrected chi connectivity index (χ1v) is 11.5. The summed E-state index contributed by atoms with van der Waals surface area (Å²) in [6.45, 7) is 3.07. The Hall–Kier alpha value is -3.20. The first-order valence-electron chi connectivity index (χ1n) is 10.4. The third-order valence-electron chi connectivity index (χ3n) is 5.34. The molecule has 0 unspecified atom stereocenters. The summed E-state index contributed by atoms with van der Waals surface area (Å²) >= 11 is 1.49. The zero-order chi connectivity index (χ0) is 22.3. The van der Waals surface area contributed by atoms with Gasteiger partial charge in [-0.2, -0.15) is 4.98 Å². The smallest absolute Gasteiger partial charge is 0.236 e. The summed E-state index contributed by atoms with van der Waals surface area (Å²) in [6, 6.07) is 15.5. The maximum Gasteiger partial charge on any atom is 0.236 e. The van der Waals surface area contributed by atoms with E-state index in [2.05, 4.69) is 27.2 Å². The van der Waals surface area contributed by atoms with Crippen LogP contribution < -0.4 is 14.4 Å². The molecule has 0 atom stereocenters. The average molecular weight is 455 g/mol. The van der Waals surface area contributed by atoms with E-state index < -0.39 is 0 Å². The quantitative estimate of drug-likeness (QED) is 0.513. The Bertz CT molecular complexity index is 1020.